The van der Waals surface area contributed by atoms with E-state index in [1.807, 2.05) is 0 Å². The standard InChI is InChI=1S/C12H15F2N3O3/c13-11(14)5-17(1-2-18)9-4-8-10(3-7(9)15)20-6-12(19)16-8/h3-4,11,18H,1-2,5-6,15H2,(H,16,19). The highest BCUT2D eigenvalue weighted by Crippen LogP contribution is 2.37. The molecule has 0 radical (unpaired) electrons. The van der Waals surface area contributed by atoms with Crippen LogP contribution >= 0.6 is 0 Å². The Morgan fingerprint density at radius 2 is 2.25 bits per heavy atom. The number of amides is 1. The van der Waals surface area contributed by atoms with E-state index < -0.39 is 13.0 Å². The number of halogens is 2. The molecule has 0 spiro atoms. The predicted octanol–water partition coefficient (Wildman–Crippen LogP) is 0.663. The van der Waals surface area contributed by atoms with Gasteiger partial charge in [-0.3, -0.25) is 4.79 Å². The first-order valence-corrected chi connectivity index (χ1v) is 6.01. The fourth-order valence-electron chi connectivity index (χ4n) is 2.00. The third-order valence-electron chi connectivity index (χ3n) is 2.83. The van der Waals surface area contributed by atoms with Crippen molar-refractivity contribution in [2.45, 2.75) is 6.43 Å². The summed E-state index contributed by atoms with van der Waals surface area (Å²) in [5, 5.41) is 11.5. The molecular formula is C12H15F2N3O3. The molecule has 0 saturated carbocycles. The highest BCUT2D eigenvalue weighted by molar-refractivity contribution is 5.97. The number of hydrogen-bond donors (Lipinski definition) is 3. The largest absolute Gasteiger partial charge is 0.482 e. The van der Waals surface area contributed by atoms with Gasteiger partial charge in [0, 0.05) is 12.6 Å². The lowest BCUT2D eigenvalue weighted by Crippen LogP contribution is -2.33. The second-order valence-electron chi connectivity index (χ2n) is 4.30. The Morgan fingerprint density at radius 1 is 1.50 bits per heavy atom. The number of fused-ring (bicyclic) bond motifs is 1. The van der Waals surface area contributed by atoms with Crippen molar-refractivity contribution in [2.24, 2.45) is 0 Å². The van der Waals surface area contributed by atoms with E-state index in [-0.39, 0.29) is 31.4 Å². The summed E-state index contributed by atoms with van der Waals surface area (Å²) in [7, 11) is 0. The second kappa shape index (κ2) is 5.91. The van der Waals surface area contributed by atoms with Crippen LogP contribution in [0.15, 0.2) is 12.1 Å². The molecule has 0 atom stereocenters. The second-order valence-corrected chi connectivity index (χ2v) is 4.30. The number of hydrogen-bond acceptors (Lipinski definition) is 5. The summed E-state index contributed by atoms with van der Waals surface area (Å²) in [5.41, 5.74) is 6.77. The van der Waals surface area contributed by atoms with E-state index >= 15 is 0 Å². The molecule has 1 aliphatic rings. The molecule has 0 aliphatic carbocycles. The quantitative estimate of drug-likeness (QED) is 0.693. The van der Waals surface area contributed by atoms with Gasteiger partial charge in [-0.2, -0.15) is 0 Å². The van der Waals surface area contributed by atoms with Crippen molar-refractivity contribution in [3.8, 4) is 5.75 Å². The number of nitrogens with zero attached hydrogens (tertiary/aromatic N) is 1. The van der Waals surface area contributed by atoms with Crippen LogP contribution in [0, 0.1) is 0 Å². The van der Waals surface area contributed by atoms with Crippen LogP contribution in [0.25, 0.3) is 0 Å². The van der Waals surface area contributed by atoms with Crippen molar-refractivity contribution in [1.82, 2.24) is 0 Å². The van der Waals surface area contributed by atoms with Crippen LogP contribution in [0.2, 0.25) is 0 Å². The molecule has 0 fully saturated rings. The number of nitrogens with two attached hydrogens (primary N) is 1. The van der Waals surface area contributed by atoms with E-state index in [0.717, 1.165) is 0 Å². The van der Waals surface area contributed by atoms with E-state index in [4.69, 9.17) is 15.6 Å². The smallest absolute Gasteiger partial charge is 0.262 e. The van der Waals surface area contributed by atoms with Crippen molar-refractivity contribution < 1.29 is 23.4 Å². The number of benzene rings is 1. The summed E-state index contributed by atoms with van der Waals surface area (Å²) in [6, 6.07) is 2.94. The Labute approximate surface area is 114 Å². The fourth-order valence-corrected chi connectivity index (χ4v) is 2.00. The van der Waals surface area contributed by atoms with Crippen LogP contribution in [0.4, 0.5) is 25.8 Å². The summed E-state index contributed by atoms with van der Waals surface area (Å²) in [4.78, 5) is 12.5. The Morgan fingerprint density at radius 3 is 2.90 bits per heavy atom. The van der Waals surface area contributed by atoms with E-state index in [1.54, 1.807) is 0 Å². The highest BCUT2D eigenvalue weighted by atomic mass is 19.3. The number of aliphatic hydroxyl groups excluding tert-OH is 1. The molecule has 1 amide bonds. The van der Waals surface area contributed by atoms with Crippen LogP contribution in [-0.4, -0.2) is 43.7 Å². The number of anilines is 3. The third kappa shape index (κ3) is 3.08. The minimum atomic E-state index is -2.57. The highest BCUT2D eigenvalue weighted by Gasteiger charge is 2.21. The van der Waals surface area contributed by atoms with Gasteiger partial charge in [0.1, 0.15) is 5.75 Å². The van der Waals surface area contributed by atoms with Crippen LogP contribution in [-0.2, 0) is 4.79 Å². The molecule has 8 heteroatoms. The van der Waals surface area contributed by atoms with Gasteiger partial charge in [0.15, 0.2) is 6.61 Å². The van der Waals surface area contributed by atoms with Gasteiger partial charge in [-0.25, -0.2) is 8.78 Å². The minimum Gasteiger partial charge on any atom is -0.482 e. The van der Waals surface area contributed by atoms with Crippen LogP contribution in [0.3, 0.4) is 0 Å². The maximum Gasteiger partial charge on any atom is 0.262 e. The van der Waals surface area contributed by atoms with E-state index in [9.17, 15) is 13.6 Å². The summed E-state index contributed by atoms with van der Waals surface area (Å²) < 4.78 is 30.3. The molecule has 1 aliphatic heterocycles. The van der Waals surface area contributed by atoms with Gasteiger partial charge in [-0.15, -0.1) is 0 Å². The summed E-state index contributed by atoms with van der Waals surface area (Å²) in [6.45, 7) is -0.935. The molecule has 0 unspecified atom stereocenters. The number of aliphatic hydroxyl groups is 1. The van der Waals surface area contributed by atoms with Gasteiger partial charge in [-0.05, 0) is 6.07 Å². The summed E-state index contributed by atoms with van der Waals surface area (Å²) in [6.07, 6.45) is -2.57. The lowest BCUT2D eigenvalue weighted by Gasteiger charge is -2.27. The van der Waals surface area contributed by atoms with Crippen LogP contribution < -0.4 is 20.7 Å². The van der Waals surface area contributed by atoms with Crippen molar-refractivity contribution in [3.63, 3.8) is 0 Å². The predicted molar refractivity (Wildman–Crippen MR) is 70.3 cm³/mol. The fraction of sp³-hybridized carbons (Fsp3) is 0.417. The van der Waals surface area contributed by atoms with Crippen molar-refractivity contribution in [2.75, 3.05) is 42.3 Å². The Kier molecular flexibility index (Phi) is 4.23. The Bertz CT molecular complexity index is 511. The first kappa shape index (κ1) is 14.3. The van der Waals surface area contributed by atoms with Gasteiger partial charge < -0.3 is 25.8 Å². The molecule has 4 N–H and O–H groups in total. The molecule has 20 heavy (non-hydrogen) atoms. The maximum absolute atomic E-state index is 12.6. The molecule has 1 aromatic rings. The molecule has 1 heterocycles. The first-order chi connectivity index (χ1) is 9.51. The SMILES string of the molecule is Nc1cc2c(cc1N(CCO)CC(F)F)NC(=O)CO2. The lowest BCUT2D eigenvalue weighted by atomic mass is 10.2. The number of ether oxygens (including phenoxy) is 1. The first-order valence-electron chi connectivity index (χ1n) is 6.01. The zero-order chi connectivity index (χ0) is 14.7. The Balaban J connectivity index is 2.34. The van der Waals surface area contributed by atoms with Gasteiger partial charge >= 0.3 is 0 Å². The third-order valence-corrected chi connectivity index (χ3v) is 2.83. The number of nitrogens with one attached hydrogen (secondary N) is 1. The summed E-state index contributed by atoms with van der Waals surface area (Å²) >= 11 is 0. The number of carbonyl (C=O) groups excluding carboxylic acids is 1. The molecule has 0 bridgehead atoms. The van der Waals surface area contributed by atoms with Crippen molar-refractivity contribution >= 4 is 23.0 Å². The van der Waals surface area contributed by atoms with Gasteiger partial charge in [0.2, 0.25) is 0 Å². The zero-order valence-electron chi connectivity index (χ0n) is 10.6. The summed E-state index contributed by atoms with van der Waals surface area (Å²) in [5.74, 6) is 0.0719. The van der Waals surface area contributed by atoms with Gasteiger partial charge in [0.05, 0.1) is 30.2 Å². The molecular weight excluding hydrogens is 272 g/mol. The molecule has 0 saturated heterocycles. The average molecular weight is 287 g/mol. The topological polar surface area (TPSA) is 87.8 Å². The number of rotatable bonds is 5. The average Bonchev–Trinajstić information content (AvgIpc) is 2.37. The van der Waals surface area contributed by atoms with E-state index in [0.29, 0.717) is 17.1 Å². The Hall–Kier alpha value is -2.09. The van der Waals surface area contributed by atoms with Crippen LogP contribution in [0.5, 0.6) is 5.75 Å². The molecule has 110 valence electrons. The lowest BCUT2D eigenvalue weighted by molar-refractivity contribution is -0.118. The molecule has 2 rings (SSSR count). The molecule has 1 aromatic carbocycles. The van der Waals surface area contributed by atoms with E-state index in [2.05, 4.69) is 5.32 Å². The van der Waals surface area contributed by atoms with Gasteiger partial charge in [0.25, 0.3) is 12.3 Å². The molecule has 0 aromatic heterocycles. The number of nitrogen functional groups attached to an aromatic ring is 1. The van der Waals surface area contributed by atoms with Crippen LogP contribution in [0.1, 0.15) is 0 Å². The van der Waals surface area contributed by atoms with Crippen molar-refractivity contribution in [1.29, 1.82) is 0 Å². The number of carbonyl (C=O) groups is 1. The molecule has 6 nitrogen and oxygen atoms in total. The zero-order valence-corrected chi connectivity index (χ0v) is 10.6. The number of alkyl halides is 2. The van der Waals surface area contributed by atoms with E-state index in [1.165, 1.54) is 17.0 Å². The maximum atomic E-state index is 12.6. The normalized spacial score (nSPS) is 13.7. The minimum absolute atomic E-state index is 0.0160. The van der Waals surface area contributed by atoms with Crippen molar-refractivity contribution in [3.05, 3.63) is 12.1 Å². The monoisotopic (exact) mass is 287 g/mol. The van der Waals surface area contributed by atoms with Gasteiger partial charge in [-0.1, -0.05) is 0 Å².